The molecule has 0 spiro atoms. The van der Waals surface area contributed by atoms with Crippen molar-refractivity contribution in [3.8, 4) is 0 Å². The number of hydrogen-bond donors (Lipinski definition) is 1. The summed E-state index contributed by atoms with van der Waals surface area (Å²) in [4.78, 5) is 4.02. The van der Waals surface area contributed by atoms with Gasteiger partial charge in [0, 0.05) is 23.0 Å². The van der Waals surface area contributed by atoms with Gasteiger partial charge < -0.3 is 5.32 Å². The molecule has 3 aromatic rings. The second kappa shape index (κ2) is 5.33. The van der Waals surface area contributed by atoms with Crippen molar-refractivity contribution in [3.05, 3.63) is 72.8 Å². The predicted molar refractivity (Wildman–Crippen MR) is 80.9 cm³/mol. The van der Waals surface area contributed by atoms with E-state index < -0.39 is 11.7 Å². The normalized spacial score (nSPS) is 11.6. The summed E-state index contributed by atoms with van der Waals surface area (Å²) >= 11 is 0. The lowest BCUT2D eigenvalue weighted by molar-refractivity contribution is -0.137. The highest BCUT2D eigenvalue weighted by Crippen LogP contribution is 2.33. The third-order valence-corrected chi connectivity index (χ3v) is 3.30. The van der Waals surface area contributed by atoms with Crippen LogP contribution in [-0.4, -0.2) is 4.98 Å². The number of nitrogens with zero attached hydrogens (tertiary/aromatic N) is 1. The Hall–Kier alpha value is -2.56. The number of alkyl halides is 3. The van der Waals surface area contributed by atoms with Gasteiger partial charge in [-0.1, -0.05) is 18.2 Å². The van der Waals surface area contributed by atoms with Crippen molar-refractivity contribution in [1.82, 2.24) is 4.98 Å². The lowest BCUT2D eigenvalue weighted by Crippen LogP contribution is -2.04. The van der Waals surface area contributed by atoms with Crippen molar-refractivity contribution in [2.75, 3.05) is 5.32 Å². The van der Waals surface area contributed by atoms with Crippen LogP contribution in [0.25, 0.3) is 10.9 Å². The monoisotopic (exact) mass is 301 g/mol. The summed E-state index contributed by atoms with van der Waals surface area (Å²) in [6.07, 6.45) is -2.89. The first-order chi connectivity index (χ1) is 10.4. The fraction of sp³-hybridized carbons (Fsp3) is 0.0588. The topological polar surface area (TPSA) is 24.9 Å². The van der Waals surface area contributed by atoms with E-state index in [0.29, 0.717) is 16.6 Å². The van der Waals surface area contributed by atoms with Crippen LogP contribution in [0.1, 0.15) is 11.1 Å². The number of fused-ring (bicyclic) bond motifs is 1. The Balaban J connectivity index is 2.02. The van der Waals surface area contributed by atoms with Crippen LogP contribution in [0.2, 0.25) is 0 Å². The molecule has 3 rings (SSSR count). The Kier molecular flexibility index (Phi) is 3.48. The van der Waals surface area contributed by atoms with Crippen LogP contribution in [0, 0.1) is 6.92 Å². The predicted octanol–water partition coefficient (Wildman–Crippen LogP) is 5.18. The number of pyridine rings is 1. The van der Waals surface area contributed by atoms with Gasteiger partial charge in [0.15, 0.2) is 0 Å². The molecule has 0 saturated carbocycles. The molecule has 1 aromatic heterocycles. The van der Waals surface area contributed by atoms with Crippen molar-refractivity contribution in [3.63, 3.8) is 0 Å². The average molecular weight is 301 g/mol. The molecule has 5 heteroatoms. The highest BCUT2D eigenvalue weighted by atomic mass is 19.4. The minimum atomic E-state index is -4.37. The fourth-order valence-corrected chi connectivity index (χ4v) is 2.18. The number of benzene rings is 2. The highest BCUT2D eigenvalue weighted by molar-refractivity contribution is 5.93. The molecule has 0 aliphatic rings. The first-order valence-electron chi connectivity index (χ1n) is 6.58. The van der Waals surface area contributed by atoms with E-state index in [0.717, 1.165) is 23.4 Å². The van der Waals surface area contributed by atoms with Crippen molar-refractivity contribution in [1.29, 1.82) is 0 Å². The molecule has 1 radical (unpaired) electrons. The quantitative estimate of drug-likeness (QED) is 0.705. The van der Waals surface area contributed by atoms with Gasteiger partial charge in [0.05, 0.1) is 11.1 Å². The molecule has 2 aromatic carbocycles. The standard InChI is InChI=1S/C17H12F3N2/c1-11-2-5-13(6-3-11)22-15-8-9-21-16-10-12(17(18,19)20)4-7-14(15)16/h2-10H,1H2,(H,21,22). The van der Waals surface area contributed by atoms with E-state index in [9.17, 15) is 13.2 Å². The van der Waals surface area contributed by atoms with E-state index in [-0.39, 0.29) is 0 Å². The van der Waals surface area contributed by atoms with Crippen molar-refractivity contribution < 1.29 is 13.2 Å². The SMILES string of the molecule is [CH2]c1ccc(Nc2ccnc3cc(C(F)(F)F)ccc23)cc1. The molecule has 0 unspecified atom stereocenters. The zero-order valence-electron chi connectivity index (χ0n) is 11.5. The number of rotatable bonds is 2. The number of aromatic nitrogens is 1. The summed E-state index contributed by atoms with van der Waals surface area (Å²) in [7, 11) is 0. The maximum atomic E-state index is 12.8. The van der Waals surface area contributed by atoms with Crippen LogP contribution in [0.4, 0.5) is 24.5 Å². The molecule has 1 heterocycles. The smallest absolute Gasteiger partial charge is 0.355 e. The van der Waals surface area contributed by atoms with Crippen molar-refractivity contribution >= 4 is 22.3 Å². The van der Waals surface area contributed by atoms with E-state index in [2.05, 4.69) is 17.2 Å². The van der Waals surface area contributed by atoms with Crippen molar-refractivity contribution in [2.24, 2.45) is 0 Å². The van der Waals surface area contributed by atoms with E-state index >= 15 is 0 Å². The van der Waals surface area contributed by atoms with E-state index in [4.69, 9.17) is 0 Å². The molecule has 0 fully saturated rings. The van der Waals surface area contributed by atoms with Gasteiger partial charge in [-0.15, -0.1) is 0 Å². The lowest BCUT2D eigenvalue weighted by atomic mass is 10.1. The fourth-order valence-electron chi connectivity index (χ4n) is 2.18. The summed E-state index contributed by atoms with van der Waals surface area (Å²) in [5.74, 6) is 0. The maximum absolute atomic E-state index is 12.8. The average Bonchev–Trinajstić information content (AvgIpc) is 2.48. The largest absolute Gasteiger partial charge is 0.416 e. The van der Waals surface area contributed by atoms with Gasteiger partial charge in [-0.3, -0.25) is 4.98 Å². The van der Waals surface area contributed by atoms with Gasteiger partial charge in [-0.05, 0) is 42.8 Å². The molecule has 111 valence electrons. The molecule has 1 N–H and O–H groups in total. The first-order valence-corrected chi connectivity index (χ1v) is 6.58. The minimum Gasteiger partial charge on any atom is -0.355 e. The van der Waals surface area contributed by atoms with Crippen LogP contribution < -0.4 is 5.32 Å². The van der Waals surface area contributed by atoms with E-state index in [1.165, 1.54) is 12.3 Å². The molecule has 0 atom stereocenters. The van der Waals surface area contributed by atoms with E-state index in [1.54, 1.807) is 6.07 Å². The zero-order chi connectivity index (χ0) is 15.7. The summed E-state index contributed by atoms with van der Waals surface area (Å²) in [6, 6.07) is 12.7. The first kappa shape index (κ1) is 14.4. The number of halogens is 3. The summed E-state index contributed by atoms with van der Waals surface area (Å²) in [5.41, 5.74) is 2.02. The summed E-state index contributed by atoms with van der Waals surface area (Å²) in [6.45, 7) is 3.81. The Bertz CT molecular complexity index is 808. The van der Waals surface area contributed by atoms with Crippen LogP contribution in [0.3, 0.4) is 0 Å². The lowest BCUT2D eigenvalue weighted by Gasteiger charge is -2.12. The molecular weight excluding hydrogens is 289 g/mol. The molecule has 0 amide bonds. The van der Waals surface area contributed by atoms with E-state index in [1.807, 2.05) is 24.3 Å². The summed E-state index contributed by atoms with van der Waals surface area (Å²) < 4.78 is 38.3. The Morgan fingerprint density at radius 2 is 1.68 bits per heavy atom. The maximum Gasteiger partial charge on any atom is 0.416 e. The number of nitrogens with one attached hydrogen (secondary N) is 1. The third-order valence-electron chi connectivity index (χ3n) is 3.30. The third kappa shape index (κ3) is 2.88. The molecule has 2 nitrogen and oxygen atoms in total. The van der Waals surface area contributed by atoms with Crippen molar-refractivity contribution in [2.45, 2.75) is 6.18 Å². The molecule has 0 saturated heterocycles. The van der Waals surface area contributed by atoms with Crippen LogP contribution in [0.15, 0.2) is 54.7 Å². The second-order valence-corrected chi connectivity index (χ2v) is 4.91. The minimum absolute atomic E-state index is 0.300. The van der Waals surface area contributed by atoms with Gasteiger partial charge in [0.2, 0.25) is 0 Å². The molecule has 22 heavy (non-hydrogen) atoms. The Labute approximate surface area is 125 Å². The number of hydrogen-bond acceptors (Lipinski definition) is 2. The number of anilines is 2. The van der Waals surface area contributed by atoms with Crippen LogP contribution >= 0.6 is 0 Å². The van der Waals surface area contributed by atoms with Gasteiger partial charge in [-0.2, -0.15) is 13.2 Å². The Morgan fingerprint density at radius 1 is 0.955 bits per heavy atom. The van der Waals surface area contributed by atoms with Crippen LogP contribution in [0.5, 0.6) is 0 Å². The Morgan fingerprint density at radius 3 is 2.36 bits per heavy atom. The second-order valence-electron chi connectivity index (χ2n) is 4.91. The molecule has 0 aliphatic carbocycles. The van der Waals surface area contributed by atoms with Gasteiger partial charge in [0.25, 0.3) is 0 Å². The molecule has 0 bridgehead atoms. The van der Waals surface area contributed by atoms with Crippen LogP contribution in [-0.2, 0) is 6.18 Å². The zero-order valence-corrected chi connectivity index (χ0v) is 11.5. The molecule has 0 aliphatic heterocycles. The van der Waals surface area contributed by atoms with Gasteiger partial charge in [0.1, 0.15) is 0 Å². The summed E-state index contributed by atoms with van der Waals surface area (Å²) in [5, 5.41) is 3.82. The highest BCUT2D eigenvalue weighted by Gasteiger charge is 2.30. The van der Waals surface area contributed by atoms with Gasteiger partial charge in [-0.25, -0.2) is 0 Å². The van der Waals surface area contributed by atoms with Gasteiger partial charge >= 0.3 is 6.18 Å². The molecular formula is C17H12F3N2.